The van der Waals surface area contributed by atoms with Crippen molar-refractivity contribution in [3.05, 3.63) is 82.9 Å². The molecule has 7 aliphatic rings. The van der Waals surface area contributed by atoms with Gasteiger partial charge in [-0.15, -0.1) is 0 Å². The number of rotatable bonds is 0. The van der Waals surface area contributed by atoms with Crippen molar-refractivity contribution in [3.63, 3.8) is 0 Å². The molecule has 0 aromatic heterocycles. The summed E-state index contributed by atoms with van der Waals surface area (Å²) in [4.78, 5) is 0. The maximum atomic E-state index is 2.64. The molecule has 0 nitrogen and oxygen atoms in total. The van der Waals surface area contributed by atoms with Crippen LogP contribution in [0.3, 0.4) is 0 Å². The van der Waals surface area contributed by atoms with Crippen LogP contribution in [-0.4, -0.2) is 0 Å². The SMILES string of the molecule is C1=CC2CC1C1CC3C4CC(C5CC6(CC54)c4ccccc4Cc4ccccc46)C3C21.CC.CC. The summed E-state index contributed by atoms with van der Waals surface area (Å²) in [5, 5.41) is 0. The number of benzene rings is 2. The van der Waals surface area contributed by atoms with Crippen molar-refractivity contribution in [2.45, 2.75) is 71.6 Å². The predicted molar refractivity (Wildman–Crippen MR) is 146 cm³/mol. The molecular weight excluding hydrogens is 420 g/mol. The molecule has 10 atom stereocenters. The summed E-state index contributed by atoms with van der Waals surface area (Å²) in [5.74, 6) is 10.3. The van der Waals surface area contributed by atoms with Crippen LogP contribution in [0, 0.1) is 59.2 Å². The van der Waals surface area contributed by atoms with Crippen molar-refractivity contribution in [2.24, 2.45) is 59.2 Å². The number of fused-ring (bicyclic) bond motifs is 18. The van der Waals surface area contributed by atoms with Gasteiger partial charge >= 0.3 is 0 Å². The molecule has 2 aromatic carbocycles. The Labute approximate surface area is 213 Å². The fourth-order valence-corrected chi connectivity index (χ4v) is 11.5. The van der Waals surface area contributed by atoms with Gasteiger partial charge in [0.25, 0.3) is 0 Å². The summed E-state index contributed by atoms with van der Waals surface area (Å²) in [7, 11) is 0. The Balaban J connectivity index is 0.000000503. The average molecular weight is 465 g/mol. The quantitative estimate of drug-likeness (QED) is 0.342. The van der Waals surface area contributed by atoms with Crippen LogP contribution < -0.4 is 0 Å². The fourth-order valence-electron chi connectivity index (χ4n) is 11.5. The zero-order valence-electron chi connectivity index (χ0n) is 22.3. The second kappa shape index (κ2) is 8.09. The Hall–Kier alpha value is -1.82. The minimum absolute atomic E-state index is 0.310. The van der Waals surface area contributed by atoms with Crippen LogP contribution in [0.5, 0.6) is 0 Å². The van der Waals surface area contributed by atoms with E-state index in [0.717, 1.165) is 65.6 Å². The van der Waals surface area contributed by atoms with Crippen molar-refractivity contribution >= 4 is 0 Å². The van der Waals surface area contributed by atoms with E-state index in [2.05, 4.69) is 60.7 Å². The Morgan fingerprint density at radius 2 is 1.09 bits per heavy atom. The third-order valence-electron chi connectivity index (χ3n) is 12.0. The Morgan fingerprint density at radius 1 is 0.543 bits per heavy atom. The van der Waals surface area contributed by atoms with Gasteiger partial charge in [0.05, 0.1) is 0 Å². The third kappa shape index (κ3) is 2.75. The summed E-state index contributed by atoms with van der Waals surface area (Å²) in [6.07, 6.45) is 14.0. The molecule has 35 heavy (non-hydrogen) atoms. The van der Waals surface area contributed by atoms with Crippen LogP contribution >= 0.6 is 0 Å². The first kappa shape index (κ1) is 22.4. The molecule has 0 aliphatic heterocycles. The van der Waals surface area contributed by atoms with E-state index in [1.807, 2.05) is 27.7 Å². The van der Waals surface area contributed by atoms with Gasteiger partial charge in [0.15, 0.2) is 0 Å². The maximum Gasteiger partial charge on any atom is 0.0214 e. The lowest BCUT2D eigenvalue weighted by Crippen LogP contribution is -2.34. The van der Waals surface area contributed by atoms with Crippen LogP contribution in [-0.2, 0) is 11.8 Å². The zero-order chi connectivity index (χ0) is 23.9. The van der Waals surface area contributed by atoms with Gasteiger partial charge in [0, 0.05) is 5.41 Å². The lowest BCUT2D eigenvalue weighted by atomic mass is 9.64. The highest BCUT2D eigenvalue weighted by Gasteiger charge is 2.70. The van der Waals surface area contributed by atoms with Crippen LogP contribution in [0.1, 0.15) is 82.1 Å². The van der Waals surface area contributed by atoms with E-state index in [0.29, 0.717) is 5.41 Å². The van der Waals surface area contributed by atoms with Crippen LogP contribution in [0.2, 0.25) is 0 Å². The van der Waals surface area contributed by atoms with Gasteiger partial charge in [-0.2, -0.15) is 0 Å². The molecule has 0 radical (unpaired) electrons. The van der Waals surface area contributed by atoms with Gasteiger partial charge in [0.2, 0.25) is 0 Å². The summed E-state index contributed by atoms with van der Waals surface area (Å²) in [6.45, 7) is 8.00. The van der Waals surface area contributed by atoms with E-state index < -0.39 is 0 Å². The molecular formula is C35H44. The predicted octanol–water partition coefficient (Wildman–Crippen LogP) is 8.68. The van der Waals surface area contributed by atoms with Gasteiger partial charge in [-0.3, -0.25) is 0 Å². The largest absolute Gasteiger partial charge is 0.0848 e. The Bertz CT molecular complexity index is 1090. The monoisotopic (exact) mass is 464 g/mol. The first-order valence-corrected chi connectivity index (χ1v) is 15.2. The third-order valence-corrected chi connectivity index (χ3v) is 12.0. The molecule has 2 aromatic rings. The smallest absolute Gasteiger partial charge is 0.0214 e. The number of hydrogen-bond donors (Lipinski definition) is 0. The minimum Gasteiger partial charge on any atom is -0.0848 e. The number of hydrogen-bond acceptors (Lipinski definition) is 0. The van der Waals surface area contributed by atoms with Crippen LogP contribution in [0.15, 0.2) is 60.7 Å². The summed E-state index contributed by atoms with van der Waals surface area (Å²) in [5.41, 5.74) is 6.95. The Kier molecular flexibility index (Phi) is 5.17. The summed E-state index contributed by atoms with van der Waals surface area (Å²) < 4.78 is 0. The van der Waals surface area contributed by atoms with E-state index in [9.17, 15) is 0 Å². The normalized spacial score (nSPS) is 42.9. The molecule has 5 fully saturated rings. The average Bonchev–Trinajstić information content (AvgIpc) is 3.73. The molecule has 7 aliphatic carbocycles. The van der Waals surface area contributed by atoms with Crippen LogP contribution in [0.4, 0.5) is 0 Å². The van der Waals surface area contributed by atoms with Gasteiger partial charge in [0.1, 0.15) is 0 Å². The molecule has 1 spiro atoms. The molecule has 0 amide bonds. The van der Waals surface area contributed by atoms with Crippen molar-refractivity contribution in [3.8, 4) is 0 Å². The molecule has 5 saturated carbocycles. The van der Waals surface area contributed by atoms with Crippen molar-refractivity contribution < 1.29 is 0 Å². The summed E-state index contributed by atoms with van der Waals surface area (Å²) >= 11 is 0. The number of allylic oxidation sites excluding steroid dienone is 2. The molecule has 0 heteroatoms. The second-order valence-corrected chi connectivity index (χ2v) is 12.5. The molecule has 0 saturated heterocycles. The molecule has 184 valence electrons. The molecule has 4 bridgehead atoms. The minimum atomic E-state index is 0.310. The van der Waals surface area contributed by atoms with Crippen LogP contribution in [0.25, 0.3) is 0 Å². The second-order valence-electron chi connectivity index (χ2n) is 12.5. The highest BCUT2D eigenvalue weighted by Crippen LogP contribution is 2.76. The topological polar surface area (TPSA) is 0 Å². The van der Waals surface area contributed by atoms with E-state index in [1.54, 1.807) is 35.1 Å². The van der Waals surface area contributed by atoms with Gasteiger partial charge < -0.3 is 0 Å². The summed E-state index contributed by atoms with van der Waals surface area (Å²) in [6, 6.07) is 19.0. The van der Waals surface area contributed by atoms with Crippen molar-refractivity contribution in [1.82, 2.24) is 0 Å². The van der Waals surface area contributed by atoms with Gasteiger partial charge in [-0.1, -0.05) is 88.4 Å². The lowest BCUT2D eigenvalue weighted by molar-refractivity contribution is 0.102. The molecule has 0 heterocycles. The molecule has 10 unspecified atom stereocenters. The molecule has 0 N–H and O–H groups in total. The fraction of sp³-hybridized carbons (Fsp3) is 0.600. The zero-order valence-corrected chi connectivity index (χ0v) is 22.3. The first-order valence-electron chi connectivity index (χ1n) is 15.2. The van der Waals surface area contributed by atoms with E-state index >= 15 is 0 Å². The maximum absolute atomic E-state index is 2.64. The van der Waals surface area contributed by atoms with E-state index in [1.165, 1.54) is 19.3 Å². The van der Waals surface area contributed by atoms with E-state index in [4.69, 9.17) is 0 Å². The van der Waals surface area contributed by atoms with Gasteiger partial charge in [-0.05, 0) is 120 Å². The lowest BCUT2D eigenvalue weighted by Gasteiger charge is -2.39. The van der Waals surface area contributed by atoms with E-state index in [-0.39, 0.29) is 0 Å². The first-order chi connectivity index (χ1) is 17.3. The standard InChI is InChI=1S/C31H32.2C2H6/c1-3-7-27-18(5-1)12-19-6-2-4-8-28(19)31(27)15-25-22-14-24(26(25)16-31)30-23(22)13-21-17-9-10-20(11-17)29(21)30;2*1-2/h1-10,17,20-26,29-30H,11-16H2;2*1-2H3. The van der Waals surface area contributed by atoms with Crippen molar-refractivity contribution in [1.29, 1.82) is 0 Å². The van der Waals surface area contributed by atoms with Gasteiger partial charge in [-0.25, -0.2) is 0 Å². The Morgan fingerprint density at radius 3 is 1.77 bits per heavy atom. The molecule has 9 rings (SSSR count). The highest BCUT2D eigenvalue weighted by atomic mass is 14.7. The highest BCUT2D eigenvalue weighted by molar-refractivity contribution is 5.55. The van der Waals surface area contributed by atoms with Crippen molar-refractivity contribution in [2.75, 3.05) is 0 Å².